The van der Waals surface area contributed by atoms with Gasteiger partial charge >= 0.3 is 0 Å². The number of aromatic amines is 1. The van der Waals surface area contributed by atoms with Crippen molar-refractivity contribution >= 4 is 17.6 Å². The highest BCUT2D eigenvalue weighted by Gasteiger charge is 2.00. The van der Waals surface area contributed by atoms with Gasteiger partial charge in [0.2, 0.25) is 0 Å². The minimum absolute atomic E-state index is 0.154. The molecule has 6 nitrogen and oxygen atoms in total. The van der Waals surface area contributed by atoms with Crippen molar-refractivity contribution in [3.8, 4) is 0 Å². The van der Waals surface area contributed by atoms with E-state index in [2.05, 4.69) is 25.3 Å². The van der Waals surface area contributed by atoms with Crippen molar-refractivity contribution in [3.05, 3.63) is 40.7 Å². The molecule has 0 aromatic carbocycles. The van der Waals surface area contributed by atoms with E-state index in [4.69, 9.17) is 0 Å². The van der Waals surface area contributed by atoms with Crippen LogP contribution >= 0.6 is 11.8 Å². The Hall–Kier alpha value is -1.89. The number of anilines is 1. The molecule has 0 spiro atoms. The van der Waals surface area contributed by atoms with Gasteiger partial charge in [-0.1, -0.05) is 11.8 Å². The van der Waals surface area contributed by atoms with Gasteiger partial charge in [0.25, 0.3) is 5.56 Å². The molecule has 0 saturated carbocycles. The summed E-state index contributed by atoms with van der Waals surface area (Å²) in [6.45, 7) is 0. The van der Waals surface area contributed by atoms with E-state index in [0.717, 1.165) is 11.5 Å². The van der Waals surface area contributed by atoms with Gasteiger partial charge in [0.1, 0.15) is 5.82 Å². The van der Waals surface area contributed by atoms with Crippen LogP contribution in [0.4, 0.5) is 5.82 Å². The number of hydrogen-bond donors (Lipinski definition) is 2. The lowest BCUT2D eigenvalue weighted by atomic mass is 10.5. The molecule has 0 radical (unpaired) electrons. The summed E-state index contributed by atoms with van der Waals surface area (Å²) in [7, 11) is 1.79. The molecule has 2 aromatic rings. The number of thioether (sulfide) groups is 1. The van der Waals surface area contributed by atoms with E-state index in [0.29, 0.717) is 10.9 Å². The lowest BCUT2D eigenvalue weighted by molar-refractivity contribution is 0.934. The SMILES string of the molecule is CNc1cnc(CSc2nccc(=O)[nH]2)cn1. The van der Waals surface area contributed by atoms with E-state index in [1.165, 1.54) is 24.0 Å². The molecule has 0 fully saturated rings. The van der Waals surface area contributed by atoms with Crippen LogP contribution < -0.4 is 10.9 Å². The molecule has 0 unspecified atom stereocenters. The van der Waals surface area contributed by atoms with Gasteiger partial charge in [0.05, 0.1) is 18.1 Å². The maximum atomic E-state index is 11.0. The Kier molecular flexibility index (Phi) is 3.71. The number of H-pyrrole nitrogens is 1. The second kappa shape index (κ2) is 5.44. The Labute approximate surface area is 102 Å². The zero-order chi connectivity index (χ0) is 12.1. The van der Waals surface area contributed by atoms with E-state index in [1.54, 1.807) is 19.4 Å². The van der Waals surface area contributed by atoms with Gasteiger partial charge < -0.3 is 10.3 Å². The van der Waals surface area contributed by atoms with Crippen LogP contribution in [-0.2, 0) is 5.75 Å². The first-order valence-electron chi connectivity index (χ1n) is 4.95. The minimum Gasteiger partial charge on any atom is -0.372 e. The smallest absolute Gasteiger partial charge is 0.251 e. The molecule has 2 N–H and O–H groups in total. The number of nitrogens with zero attached hydrogens (tertiary/aromatic N) is 3. The van der Waals surface area contributed by atoms with Crippen molar-refractivity contribution < 1.29 is 0 Å². The molecule has 17 heavy (non-hydrogen) atoms. The normalized spacial score (nSPS) is 10.2. The fourth-order valence-corrected chi connectivity index (χ4v) is 1.87. The molecule has 0 aliphatic heterocycles. The lowest BCUT2D eigenvalue weighted by Gasteiger charge is -2.01. The molecule has 0 bridgehead atoms. The third kappa shape index (κ3) is 3.28. The number of aromatic nitrogens is 4. The van der Waals surface area contributed by atoms with E-state index in [-0.39, 0.29) is 5.56 Å². The molecule has 2 rings (SSSR count). The lowest BCUT2D eigenvalue weighted by Crippen LogP contribution is -2.05. The summed E-state index contributed by atoms with van der Waals surface area (Å²) in [5.74, 6) is 1.34. The average Bonchev–Trinajstić information content (AvgIpc) is 2.37. The second-order valence-electron chi connectivity index (χ2n) is 3.17. The van der Waals surface area contributed by atoms with Crippen LogP contribution in [0.3, 0.4) is 0 Å². The summed E-state index contributed by atoms with van der Waals surface area (Å²) < 4.78 is 0. The number of hydrogen-bond acceptors (Lipinski definition) is 6. The monoisotopic (exact) mass is 249 g/mol. The molecule has 2 aromatic heterocycles. The third-order valence-electron chi connectivity index (χ3n) is 1.97. The van der Waals surface area contributed by atoms with Crippen LogP contribution in [0.2, 0.25) is 0 Å². The fourth-order valence-electron chi connectivity index (χ4n) is 1.13. The highest BCUT2D eigenvalue weighted by molar-refractivity contribution is 7.98. The molecule has 7 heteroatoms. The quantitative estimate of drug-likeness (QED) is 0.618. The average molecular weight is 249 g/mol. The van der Waals surface area contributed by atoms with Crippen molar-refractivity contribution in [1.82, 2.24) is 19.9 Å². The molecule has 0 aliphatic rings. The van der Waals surface area contributed by atoms with Gasteiger partial charge in [-0.15, -0.1) is 0 Å². The van der Waals surface area contributed by atoms with Gasteiger partial charge in [-0.3, -0.25) is 9.78 Å². The summed E-state index contributed by atoms with van der Waals surface area (Å²) >= 11 is 1.41. The Bertz CT molecular complexity index is 539. The van der Waals surface area contributed by atoms with E-state index < -0.39 is 0 Å². The van der Waals surface area contributed by atoms with Gasteiger partial charge in [-0.2, -0.15) is 0 Å². The van der Waals surface area contributed by atoms with E-state index in [9.17, 15) is 4.79 Å². The Balaban J connectivity index is 1.99. The summed E-state index contributed by atoms with van der Waals surface area (Å²) in [6.07, 6.45) is 4.84. The van der Waals surface area contributed by atoms with Gasteiger partial charge in [-0.05, 0) is 0 Å². The van der Waals surface area contributed by atoms with Gasteiger partial charge in [0.15, 0.2) is 5.16 Å². The van der Waals surface area contributed by atoms with Crippen molar-refractivity contribution in [2.45, 2.75) is 10.9 Å². The van der Waals surface area contributed by atoms with Crippen LogP contribution in [0.5, 0.6) is 0 Å². The van der Waals surface area contributed by atoms with Crippen LogP contribution in [0, 0.1) is 0 Å². The first kappa shape index (κ1) is 11.6. The predicted molar refractivity (Wildman–Crippen MR) is 66.0 cm³/mol. The predicted octanol–water partition coefficient (Wildman–Crippen LogP) is 0.894. The van der Waals surface area contributed by atoms with Crippen molar-refractivity contribution in [2.75, 3.05) is 12.4 Å². The molecule has 0 amide bonds. The third-order valence-corrected chi connectivity index (χ3v) is 2.89. The fraction of sp³-hybridized carbons (Fsp3) is 0.200. The maximum absolute atomic E-state index is 11.0. The molecule has 88 valence electrons. The van der Waals surface area contributed by atoms with Crippen LogP contribution in [0.25, 0.3) is 0 Å². The van der Waals surface area contributed by atoms with E-state index in [1.807, 2.05) is 0 Å². The van der Waals surface area contributed by atoms with E-state index >= 15 is 0 Å². The first-order chi connectivity index (χ1) is 8.28. The van der Waals surface area contributed by atoms with Crippen LogP contribution in [0.15, 0.2) is 34.6 Å². The van der Waals surface area contributed by atoms with Crippen LogP contribution in [-0.4, -0.2) is 27.0 Å². The zero-order valence-electron chi connectivity index (χ0n) is 9.17. The molecule has 0 aliphatic carbocycles. The standard InChI is InChI=1S/C10H11N5OS/c1-11-8-5-13-7(4-14-8)6-17-10-12-3-2-9(16)15-10/h2-5H,6H2,1H3,(H,11,14)(H,12,15,16). The first-order valence-corrected chi connectivity index (χ1v) is 5.93. The largest absolute Gasteiger partial charge is 0.372 e. The molecule has 0 saturated heterocycles. The molecule has 0 atom stereocenters. The van der Waals surface area contributed by atoms with Crippen molar-refractivity contribution in [3.63, 3.8) is 0 Å². The number of rotatable bonds is 4. The summed E-state index contributed by atoms with van der Waals surface area (Å²) in [5, 5.41) is 3.48. The Morgan fingerprint density at radius 2 is 2.24 bits per heavy atom. The minimum atomic E-state index is -0.154. The highest BCUT2D eigenvalue weighted by atomic mass is 32.2. The second-order valence-corrected chi connectivity index (χ2v) is 4.13. The molecular weight excluding hydrogens is 238 g/mol. The molecule has 2 heterocycles. The summed E-state index contributed by atoms with van der Waals surface area (Å²) in [5.41, 5.74) is 0.680. The maximum Gasteiger partial charge on any atom is 0.251 e. The number of nitrogens with one attached hydrogen (secondary N) is 2. The van der Waals surface area contributed by atoms with Gasteiger partial charge in [-0.25, -0.2) is 9.97 Å². The van der Waals surface area contributed by atoms with Crippen LogP contribution in [0.1, 0.15) is 5.69 Å². The highest BCUT2D eigenvalue weighted by Crippen LogP contribution is 2.15. The van der Waals surface area contributed by atoms with Crippen molar-refractivity contribution in [1.29, 1.82) is 0 Å². The zero-order valence-corrected chi connectivity index (χ0v) is 9.99. The summed E-state index contributed by atoms with van der Waals surface area (Å²) in [4.78, 5) is 26.1. The Morgan fingerprint density at radius 1 is 1.35 bits per heavy atom. The Morgan fingerprint density at radius 3 is 2.88 bits per heavy atom. The topological polar surface area (TPSA) is 83.6 Å². The molecular formula is C10H11N5OS. The van der Waals surface area contributed by atoms with Gasteiger partial charge in [0, 0.05) is 25.1 Å². The summed E-state index contributed by atoms with van der Waals surface area (Å²) in [6, 6.07) is 1.38. The van der Waals surface area contributed by atoms with Crippen molar-refractivity contribution in [2.24, 2.45) is 0 Å².